The molecule has 0 fully saturated rings. The molecule has 1 unspecified atom stereocenters. The van der Waals surface area contributed by atoms with Gasteiger partial charge in [0.05, 0.1) is 6.61 Å². The normalized spacial score (nSPS) is 12.4. The molecule has 0 saturated heterocycles. The quantitative estimate of drug-likeness (QED) is 0.0348. The highest BCUT2D eigenvalue weighted by Gasteiger charge is 2.17. The van der Waals surface area contributed by atoms with E-state index >= 15 is 0 Å². The summed E-state index contributed by atoms with van der Waals surface area (Å²) in [6.07, 6.45) is 58.6. The minimum atomic E-state index is -0.533. The van der Waals surface area contributed by atoms with Crippen molar-refractivity contribution in [2.24, 2.45) is 0 Å². The van der Waals surface area contributed by atoms with E-state index in [9.17, 15) is 9.59 Å². The van der Waals surface area contributed by atoms with Gasteiger partial charge in [-0.25, -0.2) is 0 Å². The molecule has 58 heavy (non-hydrogen) atoms. The summed E-state index contributed by atoms with van der Waals surface area (Å²) in [6, 6.07) is 0. The van der Waals surface area contributed by atoms with Crippen molar-refractivity contribution < 1.29 is 23.8 Å². The van der Waals surface area contributed by atoms with E-state index in [0.717, 1.165) is 57.8 Å². The molecule has 0 aromatic rings. The second kappa shape index (κ2) is 49.5. The molecule has 0 aromatic heterocycles. The predicted molar refractivity (Wildman–Crippen MR) is 252 cm³/mol. The van der Waals surface area contributed by atoms with E-state index in [1.54, 1.807) is 0 Å². The van der Waals surface area contributed by atoms with Crippen molar-refractivity contribution in [3.63, 3.8) is 0 Å². The van der Waals surface area contributed by atoms with Gasteiger partial charge < -0.3 is 14.2 Å². The third kappa shape index (κ3) is 46.8. The van der Waals surface area contributed by atoms with Crippen LogP contribution in [0.15, 0.2) is 36.5 Å². The third-order valence-corrected chi connectivity index (χ3v) is 11.2. The number of carbonyl (C=O) groups excluding carboxylic acids is 2. The van der Waals surface area contributed by atoms with Crippen molar-refractivity contribution in [1.82, 2.24) is 0 Å². The average Bonchev–Trinajstić information content (AvgIpc) is 3.22. The molecule has 1 atom stereocenters. The first-order valence-corrected chi connectivity index (χ1v) is 25.5. The fourth-order valence-corrected chi connectivity index (χ4v) is 7.34. The lowest BCUT2D eigenvalue weighted by molar-refractivity contribution is -0.163. The zero-order valence-electron chi connectivity index (χ0n) is 39.1. The SMILES string of the molecule is CCCCC/C=C\C/C=C\C/C=C\CCCCCCCCC(=O)OCC(COCCCCCCCCCCCCCCCC)OC(=O)CCCCCCCCCCC. The van der Waals surface area contributed by atoms with Crippen LogP contribution in [0.1, 0.15) is 265 Å². The van der Waals surface area contributed by atoms with Crippen LogP contribution in [0.4, 0.5) is 0 Å². The van der Waals surface area contributed by atoms with Crippen LogP contribution in [0, 0.1) is 0 Å². The second-order valence-electron chi connectivity index (χ2n) is 17.1. The smallest absolute Gasteiger partial charge is 0.306 e. The molecule has 340 valence electrons. The predicted octanol–water partition coefficient (Wildman–Crippen LogP) is 17.0. The van der Waals surface area contributed by atoms with Crippen LogP contribution in [0.5, 0.6) is 0 Å². The van der Waals surface area contributed by atoms with E-state index in [-0.39, 0.29) is 25.2 Å². The topological polar surface area (TPSA) is 61.8 Å². The molecule has 0 aliphatic carbocycles. The number of ether oxygens (including phenoxy) is 3. The minimum Gasteiger partial charge on any atom is -0.462 e. The monoisotopic (exact) mass is 815 g/mol. The van der Waals surface area contributed by atoms with Gasteiger partial charge in [-0.3, -0.25) is 9.59 Å². The molecular formula is C53H98O5. The van der Waals surface area contributed by atoms with Gasteiger partial charge in [-0.1, -0.05) is 231 Å². The van der Waals surface area contributed by atoms with Gasteiger partial charge in [0.25, 0.3) is 0 Å². The summed E-state index contributed by atoms with van der Waals surface area (Å²) in [7, 11) is 0. The van der Waals surface area contributed by atoms with Crippen LogP contribution in [-0.2, 0) is 23.8 Å². The van der Waals surface area contributed by atoms with Crippen LogP contribution >= 0.6 is 0 Å². The van der Waals surface area contributed by atoms with Crippen molar-refractivity contribution >= 4 is 11.9 Å². The largest absolute Gasteiger partial charge is 0.462 e. The lowest BCUT2D eigenvalue weighted by atomic mass is 10.0. The molecule has 0 aliphatic heterocycles. The Bertz CT molecular complexity index is 924. The van der Waals surface area contributed by atoms with Gasteiger partial charge in [0.2, 0.25) is 0 Å². The molecule has 0 rings (SSSR count). The van der Waals surface area contributed by atoms with E-state index < -0.39 is 6.10 Å². The average molecular weight is 815 g/mol. The Hall–Kier alpha value is -1.88. The molecule has 0 bridgehead atoms. The Morgan fingerprint density at radius 2 is 0.724 bits per heavy atom. The van der Waals surface area contributed by atoms with Crippen molar-refractivity contribution in [2.45, 2.75) is 271 Å². The van der Waals surface area contributed by atoms with Crippen molar-refractivity contribution in [1.29, 1.82) is 0 Å². The Balaban J connectivity index is 4.17. The fraction of sp³-hybridized carbons (Fsp3) is 0.849. The van der Waals surface area contributed by atoms with Gasteiger partial charge in [0.15, 0.2) is 6.10 Å². The highest BCUT2D eigenvalue weighted by molar-refractivity contribution is 5.70. The highest BCUT2D eigenvalue weighted by Crippen LogP contribution is 2.15. The van der Waals surface area contributed by atoms with E-state index in [1.165, 1.54) is 173 Å². The third-order valence-electron chi connectivity index (χ3n) is 11.2. The van der Waals surface area contributed by atoms with Gasteiger partial charge >= 0.3 is 11.9 Å². The molecule has 0 amide bonds. The van der Waals surface area contributed by atoms with Gasteiger partial charge in [-0.2, -0.15) is 0 Å². The molecule has 0 aromatic carbocycles. The summed E-state index contributed by atoms with van der Waals surface area (Å²) < 4.78 is 17.4. The van der Waals surface area contributed by atoms with Gasteiger partial charge in [0.1, 0.15) is 6.61 Å². The van der Waals surface area contributed by atoms with Crippen LogP contribution in [0.25, 0.3) is 0 Å². The molecule has 5 nitrogen and oxygen atoms in total. The Labute approximate surface area is 361 Å². The number of unbranched alkanes of at least 4 members (excludes halogenated alkanes) is 30. The first-order valence-electron chi connectivity index (χ1n) is 25.5. The maximum atomic E-state index is 12.7. The van der Waals surface area contributed by atoms with Gasteiger partial charge in [-0.15, -0.1) is 0 Å². The molecule has 0 aliphatic rings. The molecule has 0 heterocycles. The second-order valence-corrected chi connectivity index (χ2v) is 17.1. The van der Waals surface area contributed by atoms with Crippen LogP contribution in [0.3, 0.4) is 0 Å². The van der Waals surface area contributed by atoms with Crippen molar-refractivity contribution in [3.05, 3.63) is 36.5 Å². The first-order chi connectivity index (χ1) is 28.6. The van der Waals surface area contributed by atoms with Gasteiger partial charge in [-0.05, 0) is 57.8 Å². The Morgan fingerprint density at radius 3 is 1.19 bits per heavy atom. The molecule has 0 saturated carbocycles. The van der Waals surface area contributed by atoms with Crippen LogP contribution in [-0.4, -0.2) is 37.9 Å². The Kier molecular flexibility index (Phi) is 47.9. The molecule has 0 spiro atoms. The lowest BCUT2D eigenvalue weighted by Gasteiger charge is -2.18. The van der Waals surface area contributed by atoms with E-state index in [4.69, 9.17) is 14.2 Å². The number of carbonyl (C=O) groups is 2. The summed E-state index contributed by atoms with van der Waals surface area (Å²) in [5.74, 6) is -0.401. The standard InChI is InChI=1S/C53H98O5/c1-4-7-10-13-16-19-21-23-25-26-27-28-29-30-32-35-37-40-43-46-52(54)57-50-51(58-53(55)47-44-41-38-34-18-15-12-9-6-3)49-56-48-45-42-39-36-33-31-24-22-20-17-14-11-8-5-2/h16,19,23,25,27-28,51H,4-15,17-18,20-22,24,26,29-50H2,1-3H3/b19-16-,25-23-,28-27-. The van der Waals surface area contributed by atoms with Crippen LogP contribution in [0.2, 0.25) is 0 Å². The van der Waals surface area contributed by atoms with Crippen molar-refractivity contribution in [2.75, 3.05) is 19.8 Å². The summed E-state index contributed by atoms with van der Waals surface area (Å²) >= 11 is 0. The summed E-state index contributed by atoms with van der Waals surface area (Å²) in [5, 5.41) is 0. The lowest BCUT2D eigenvalue weighted by Crippen LogP contribution is -2.30. The van der Waals surface area contributed by atoms with E-state index in [0.29, 0.717) is 19.4 Å². The Morgan fingerprint density at radius 1 is 0.379 bits per heavy atom. The zero-order valence-corrected chi connectivity index (χ0v) is 39.1. The number of hydrogen-bond acceptors (Lipinski definition) is 5. The van der Waals surface area contributed by atoms with Crippen molar-refractivity contribution in [3.8, 4) is 0 Å². The zero-order chi connectivity index (χ0) is 42.1. The first kappa shape index (κ1) is 56.1. The molecule has 5 heteroatoms. The number of hydrogen-bond donors (Lipinski definition) is 0. The minimum absolute atomic E-state index is 0.0839. The summed E-state index contributed by atoms with van der Waals surface area (Å²) in [4.78, 5) is 25.3. The summed E-state index contributed by atoms with van der Waals surface area (Å²) in [5.41, 5.74) is 0. The number of esters is 2. The summed E-state index contributed by atoms with van der Waals surface area (Å²) in [6.45, 7) is 7.81. The van der Waals surface area contributed by atoms with E-state index in [2.05, 4.69) is 57.2 Å². The van der Waals surface area contributed by atoms with Crippen LogP contribution < -0.4 is 0 Å². The number of rotatable bonds is 47. The van der Waals surface area contributed by atoms with E-state index in [1.807, 2.05) is 0 Å². The fourth-order valence-electron chi connectivity index (χ4n) is 7.34. The molecule has 0 N–H and O–H groups in total. The highest BCUT2D eigenvalue weighted by atomic mass is 16.6. The van der Waals surface area contributed by atoms with Gasteiger partial charge in [0, 0.05) is 19.4 Å². The molecule has 0 radical (unpaired) electrons. The molecular weight excluding hydrogens is 717 g/mol. The number of allylic oxidation sites excluding steroid dienone is 6. The maximum absolute atomic E-state index is 12.7. The maximum Gasteiger partial charge on any atom is 0.306 e.